The zero-order valence-electron chi connectivity index (χ0n) is 11.3. The molecule has 0 spiro atoms. The van der Waals surface area contributed by atoms with Crippen LogP contribution >= 0.6 is 23.2 Å². The smallest absolute Gasteiger partial charge is 0.333 e. The van der Waals surface area contributed by atoms with E-state index in [2.05, 4.69) is 10.4 Å². The second-order valence-corrected chi connectivity index (χ2v) is 5.15. The van der Waals surface area contributed by atoms with Crippen molar-refractivity contribution in [3.05, 3.63) is 40.6 Å². The van der Waals surface area contributed by atoms with Gasteiger partial charge in [0.25, 0.3) is 5.91 Å². The highest BCUT2D eigenvalue weighted by atomic mass is 35.5. The summed E-state index contributed by atoms with van der Waals surface area (Å²) in [6.07, 6.45) is 1.24. The van der Waals surface area contributed by atoms with Crippen molar-refractivity contribution in [2.24, 2.45) is 0 Å². The zero-order chi connectivity index (χ0) is 16.3. The third-order valence-electron chi connectivity index (χ3n) is 2.64. The Morgan fingerprint density at radius 3 is 2.73 bits per heavy atom. The van der Waals surface area contributed by atoms with Crippen LogP contribution in [-0.4, -0.2) is 21.8 Å². The van der Waals surface area contributed by atoms with E-state index in [9.17, 15) is 13.6 Å². The minimum Gasteiger partial charge on any atom is -0.479 e. The third-order valence-corrected chi connectivity index (χ3v) is 3.17. The van der Waals surface area contributed by atoms with E-state index in [0.717, 1.165) is 12.4 Å². The number of nitrogens with zero attached hydrogens (tertiary/aromatic N) is 2. The Labute approximate surface area is 134 Å². The van der Waals surface area contributed by atoms with Gasteiger partial charge < -0.3 is 10.1 Å². The first-order valence-electron chi connectivity index (χ1n) is 6.11. The van der Waals surface area contributed by atoms with Crippen LogP contribution in [0.15, 0.2) is 30.6 Å². The van der Waals surface area contributed by atoms with Gasteiger partial charge in [0, 0.05) is 5.02 Å². The topological polar surface area (TPSA) is 56.1 Å². The number of aromatic nitrogens is 2. The SMILES string of the molecule is C[C@H](Oc1ccc(Cl)cc1Cl)C(=O)Nc1cnn(C(F)F)c1. The number of carbonyl (C=O) groups excluding carboxylic acids is 1. The van der Waals surface area contributed by atoms with Crippen molar-refractivity contribution >= 4 is 34.8 Å². The minimum absolute atomic E-state index is 0.142. The molecule has 1 N–H and O–H groups in total. The minimum atomic E-state index is -2.77. The predicted molar refractivity (Wildman–Crippen MR) is 78.7 cm³/mol. The third kappa shape index (κ3) is 4.08. The molecule has 0 aliphatic heterocycles. The molecule has 1 aromatic heterocycles. The molecule has 118 valence electrons. The molecule has 1 amide bonds. The van der Waals surface area contributed by atoms with Gasteiger partial charge in [-0.2, -0.15) is 13.9 Å². The fourth-order valence-electron chi connectivity index (χ4n) is 1.57. The van der Waals surface area contributed by atoms with E-state index < -0.39 is 18.6 Å². The molecule has 22 heavy (non-hydrogen) atoms. The van der Waals surface area contributed by atoms with Gasteiger partial charge in [-0.05, 0) is 25.1 Å². The monoisotopic (exact) mass is 349 g/mol. The summed E-state index contributed by atoms with van der Waals surface area (Å²) in [6.45, 7) is -1.27. The maximum Gasteiger partial charge on any atom is 0.333 e. The normalized spacial score (nSPS) is 12.3. The molecule has 0 unspecified atom stereocenters. The summed E-state index contributed by atoms with van der Waals surface area (Å²) in [4.78, 5) is 11.9. The van der Waals surface area contributed by atoms with E-state index in [1.807, 2.05) is 0 Å². The summed E-state index contributed by atoms with van der Waals surface area (Å²) in [6, 6.07) is 4.58. The highest BCUT2D eigenvalue weighted by Gasteiger charge is 2.18. The summed E-state index contributed by atoms with van der Waals surface area (Å²) in [7, 11) is 0. The maximum atomic E-state index is 12.4. The number of rotatable bonds is 5. The molecule has 1 heterocycles. The van der Waals surface area contributed by atoms with Gasteiger partial charge in [0.05, 0.1) is 23.1 Å². The lowest BCUT2D eigenvalue weighted by Crippen LogP contribution is -2.30. The summed E-state index contributed by atoms with van der Waals surface area (Å²) >= 11 is 11.7. The van der Waals surface area contributed by atoms with Crippen LogP contribution < -0.4 is 10.1 Å². The Hall–Kier alpha value is -1.86. The lowest BCUT2D eigenvalue weighted by atomic mass is 10.3. The summed E-state index contributed by atoms with van der Waals surface area (Å²) in [5, 5.41) is 6.53. The van der Waals surface area contributed by atoms with Crippen LogP contribution in [0.2, 0.25) is 10.0 Å². The average Bonchev–Trinajstić information content (AvgIpc) is 2.90. The standard InChI is InChI=1S/C13H11Cl2F2N3O2/c1-7(22-11-3-2-8(14)4-10(11)15)12(21)19-9-5-18-20(6-9)13(16)17/h2-7,13H,1H3,(H,19,21)/t7-/m0/s1. The van der Waals surface area contributed by atoms with Crippen LogP contribution in [0, 0.1) is 0 Å². The second kappa shape index (κ2) is 6.93. The molecule has 0 aliphatic rings. The Balaban J connectivity index is 1.99. The number of amides is 1. The van der Waals surface area contributed by atoms with Crippen LogP contribution in [-0.2, 0) is 4.79 Å². The fraction of sp³-hybridized carbons (Fsp3) is 0.231. The molecule has 0 aliphatic carbocycles. The van der Waals surface area contributed by atoms with Crippen molar-refractivity contribution in [1.29, 1.82) is 0 Å². The van der Waals surface area contributed by atoms with Crippen molar-refractivity contribution in [2.75, 3.05) is 5.32 Å². The second-order valence-electron chi connectivity index (χ2n) is 4.31. The van der Waals surface area contributed by atoms with E-state index in [1.54, 1.807) is 6.07 Å². The first-order valence-corrected chi connectivity index (χ1v) is 6.87. The highest BCUT2D eigenvalue weighted by Crippen LogP contribution is 2.28. The van der Waals surface area contributed by atoms with Gasteiger partial charge in [-0.15, -0.1) is 0 Å². The van der Waals surface area contributed by atoms with Gasteiger partial charge in [0.2, 0.25) is 0 Å². The van der Waals surface area contributed by atoms with Crippen LogP contribution in [0.3, 0.4) is 0 Å². The van der Waals surface area contributed by atoms with Gasteiger partial charge in [-0.1, -0.05) is 23.2 Å². The zero-order valence-corrected chi connectivity index (χ0v) is 12.8. The number of hydrogen-bond acceptors (Lipinski definition) is 3. The maximum absolute atomic E-state index is 12.4. The Morgan fingerprint density at radius 1 is 1.41 bits per heavy atom. The van der Waals surface area contributed by atoms with Crippen LogP contribution in [0.5, 0.6) is 5.75 Å². The van der Waals surface area contributed by atoms with E-state index in [-0.39, 0.29) is 16.5 Å². The quantitative estimate of drug-likeness (QED) is 0.887. The van der Waals surface area contributed by atoms with E-state index in [4.69, 9.17) is 27.9 Å². The number of nitrogens with one attached hydrogen (secondary N) is 1. The number of alkyl halides is 2. The summed E-state index contributed by atoms with van der Waals surface area (Å²) in [5.74, 6) is -0.239. The molecular formula is C13H11Cl2F2N3O2. The number of benzene rings is 1. The number of hydrogen-bond donors (Lipinski definition) is 1. The van der Waals surface area contributed by atoms with Gasteiger partial charge in [0.15, 0.2) is 6.10 Å². The van der Waals surface area contributed by atoms with Crippen molar-refractivity contribution in [2.45, 2.75) is 19.6 Å². The molecule has 2 aromatic rings. The van der Waals surface area contributed by atoms with E-state index in [0.29, 0.717) is 9.70 Å². The Kier molecular flexibility index (Phi) is 5.20. The van der Waals surface area contributed by atoms with Crippen molar-refractivity contribution in [1.82, 2.24) is 9.78 Å². The first-order chi connectivity index (χ1) is 10.4. The van der Waals surface area contributed by atoms with Crippen LogP contribution in [0.25, 0.3) is 0 Å². The molecule has 0 bridgehead atoms. The molecule has 2 rings (SSSR count). The fourth-order valence-corrected chi connectivity index (χ4v) is 2.02. The molecule has 9 heteroatoms. The lowest BCUT2D eigenvalue weighted by molar-refractivity contribution is -0.122. The van der Waals surface area contributed by atoms with Gasteiger partial charge in [0.1, 0.15) is 5.75 Å². The number of ether oxygens (including phenoxy) is 1. The Bertz CT molecular complexity index is 679. The summed E-state index contributed by atoms with van der Waals surface area (Å²) < 4.78 is 30.6. The number of anilines is 1. The molecular weight excluding hydrogens is 339 g/mol. The number of carbonyl (C=O) groups is 1. The largest absolute Gasteiger partial charge is 0.479 e. The molecule has 0 saturated heterocycles. The molecule has 1 aromatic carbocycles. The molecule has 0 fully saturated rings. The van der Waals surface area contributed by atoms with E-state index in [1.165, 1.54) is 19.1 Å². The Morgan fingerprint density at radius 2 is 2.14 bits per heavy atom. The molecule has 5 nitrogen and oxygen atoms in total. The average molecular weight is 350 g/mol. The van der Waals surface area contributed by atoms with Gasteiger partial charge >= 0.3 is 6.55 Å². The molecule has 0 saturated carbocycles. The van der Waals surface area contributed by atoms with Gasteiger partial charge in [-0.25, -0.2) is 4.68 Å². The van der Waals surface area contributed by atoms with E-state index >= 15 is 0 Å². The first kappa shape index (κ1) is 16.5. The predicted octanol–water partition coefficient (Wildman–Crippen LogP) is 3.99. The molecule has 0 radical (unpaired) electrons. The van der Waals surface area contributed by atoms with Crippen molar-refractivity contribution in [3.8, 4) is 5.75 Å². The highest BCUT2D eigenvalue weighted by molar-refractivity contribution is 6.35. The van der Waals surface area contributed by atoms with Crippen LogP contribution in [0.4, 0.5) is 14.5 Å². The van der Waals surface area contributed by atoms with Crippen molar-refractivity contribution < 1.29 is 18.3 Å². The van der Waals surface area contributed by atoms with Crippen molar-refractivity contribution in [3.63, 3.8) is 0 Å². The van der Waals surface area contributed by atoms with Crippen LogP contribution in [0.1, 0.15) is 13.5 Å². The number of halogens is 4. The lowest BCUT2D eigenvalue weighted by Gasteiger charge is -2.15. The van der Waals surface area contributed by atoms with Gasteiger partial charge in [-0.3, -0.25) is 4.79 Å². The molecule has 1 atom stereocenters. The summed E-state index contributed by atoms with van der Waals surface area (Å²) in [5.41, 5.74) is 0.142.